The highest BCUT2D eigenvalue weighted by Crippen LogP contribution is 2.13. The number of hydrogen-bond donors (Lipinski definition) is 2. The zero-order valence-corrected chi connectivity index (χ0v) is 7.21. The zero-order chi connectivity index (χ0) is 9.84. The van der Waals surface area contributed by atoms with Crippen LogP contribution in [0.15, 0.2) is 0 Å². The van der Waals surface area contributed by atoms with Crippen molar-refractivity contribution in [2.45, 2.75) is 12.3 Å². The summed E-state index contributed by atoms with van der Waals surface area (Å²) in [6.45, 7) is 0.223. The molecule has 72 valence electrons. The molecule has 0 radical (unpaired) electrons. The van der Waals surface area contributed by atoms with E-state index in [1.807, 2.05) is 0 Å². The van der Waals surface area contributed by atoms with Crippen LogP contribution in [0.5, 0.6) is 0 Å². The van der Waals surface area contributed by atoms with Gasteiger partial charge in [-0.3, -0.25) is 4.79 Å². The van der Waals surface area contributed by atoms with Gasteiger partial charge < -0.3 is 10.8 Å². The first kappa shape index (κ1) is 9.59. The number of carboxylic acid groups (broad SMARTS) is 1. The number of carboxylic acids is 1. The third-order valence-corrected chi connectivity index (χ3v) is 1.72. The fourth-order valence-corrected chi connectivity index (χ4v) is 1.07. The van der Waals surface area contributed by atoms with Crippen molar-refractivity contribution in [1.29, 1.82) is 0 Å². The number of rotatable bonds is 4. The van der Waals surface area contributed by atoms with E-state index >= 15 is 0 Å². The SMILES string of the molecule is Cn1nnnc1C(CN)CC(=O)O. The molecule has 0 amide bonds. The summed E-state index contributed by atoms with van der Waals surface area (Å²) in [6, 6.07) is 0. The third-order valence-electron chi connectivity index (χ3n) is 1.72. The molecule has 0 aromatic carbocycles. The Morgan fingerprint density at radius 1 is 1.77 bits per heavy atom. The summed E-state index contributed by atoms with van der Waals surface area (Å²) in [5.74, 6) is -0.721. The average Bonchev–Trinajstić information content (AvgIpc) is 2.47. The number of aromatic nitrogens is 4. The standard InChI is InChI=1S/C6H11N5O2/c1-11-6(8-9-10-11)4(3-7)2-5(12)13/h4H,2-3,7H2,1H3,(H,12,13). The third kappa shape index (κ3) is 2.22. The van der Waals surface area contributed by atoms with Crippen molar-refractivity contribution < 1.29 is 9.90 Å². The molecule has 0 bridgehead atoms. The van der Waals surface area contributed by atoms with Gasteiger partial charge >= 0.3 is 5.97 Å². The van der Waals surface area contributed by atoms with Crippen LogP contribution in [0.2, 0.25) is 0 Å². The molecule has 1 aromatic heterocycles. The fraction of sp³-hybridized carbons (Fsp3) is 0.667. The second kappa shape index (κ2) is 3.94. The number of tetrazole rings is 1. The smallest absolute Gasteiger partial charge is 0.304 e. The first-order chi connectivity index (χ1) is 6.15. The maximum atomic E-state index is 10.4. The Labute approximate surface area is 74.5 Å². The lowest BCUT2D eigenvalue weighted by atomic mass is 10.1. The second-order valence-corrected chi connectivity index (χ2v) is 2.69. The monoisotopic (exact) mass is 185 g/mol. The second-order valence-electron chi connectivity index (χ2n) is 2.69. The molecule has 1 heterocycles. The molecule has 1 atom stereocenters. The average molecular weight is 185 g/mol. The molecular weight excluding hydrogens is 174 g/mol. The minimum Gasteiger partial charge on any atom is -0.481 e. The maximum absolute atomic E-state index is 10.4. The highest BCUT2D eigenvalue weighted by molar-refractivity contribution is 5.67. The quantitative estimate of drug-likeness (QED) is 0.605. The molecule has 3 N–H and O–H groups in total. The van der Waals surface area contributed by atoms with Gasteiger partial charge in [-0.15, -0.1) is 5.10 Å². The van der Waals surface area contributed by atoms with E-state index in [2.05, 4.69) is 15.5 Å². The highest BCUT2D eigenvalue weighted by atomic mass is 16.4. The van der Waals surface area contributed by atoms with Crippen LogP contribution in [0.3, 0.4) is 0 Å². The van der Waals surface area contributed by atoms with Crippen LogP contribution in [0, 0.1) is 0 Å². The number of carbonyl (C=O) groups is 1. The van der Waals surface area contributed by atoms with Crippen molar-refractivity contribution in [2.75, 3.05) is 6.54 Å². The lowest BCUT2D eigenvalue weighted by Gasteiger charge is -2.08. The Balaban J connectivity index is 2.78. The predicted octanol–water partition coefficient (Wildman–Crippen LogP) is -1.27. The van der Waals surface area contributed by atoms with Crippen molar-refractivity contribution >= 4 is 5.97 Å². The summed E-state index contributed by atoms with van der Waals surface area (Å²) in [5.41, 5.74) is 5.41. The molecule has 7 heteroatoms. The minimum atomic E-state index is -0.904. The molecule has 7 nitrogen and oxygen atoms in total. The van der Waals surface area contributed by atoms with Crippen LogP contribution in [0.4, 0.5) is 0 Å². The van der Waals surface area contributed by atoms with E-state index in [4.69, 9.17) is 10.8 Å². The first-order valence-electron chi connectivity index (χ1n) is 3.79. The summed E-state index contributed by atoms with van der Waals surface area (Å²) in [5, 5.41) is 19.3. The number of aliphatic carboxylic acids is 1. The Kier molecular flexibility index (Phi) is 2.91. The Bertz CT molecular complexity index is 297. The van der Waals surface area contributed by atoms with E-state index in [1.54, 1.807) is 7.05 Å². The van der Waals surface area contributed by atoms with Gasteiger partial charge in [0.15, 0.2) is 5.82 Å². The van der Waals surface area contributed by atoms with Crippen LogP contribution < -0.4 is 5.73 Å². The zero-order valence-electron chi connectivity index (χ0n) is 7.21. The molecule has 1 rings (SSSR count). The molecule has 0 saturated heterocycles. The molecule has 0 aliphatic heterocycles. The predicted molar refractivity (Wildman–Crippen MR) is 42.8 cm³/mol. The molecule has 1 unspecified atom stereocenters. The van der Waals surface area contributed by atoms with Crippen LogP contribution in [-0.2, 0) is 11.8 Å². The molecule has 0 aliphatic rings. The lowest BCUT2D eigenvalue weighted by Crippen LogP contribution is -2.19. The summed E-state index contributed by atoms with van der Waals surface area (Å²) < 4.78 is 1.43. The van der Waals surface area contributed by atoms with Crippen molar-refractivity contribution in [3.05, 3.63) is 5.82 Å². The van der Waals surface area contributed by atoms with Crippen LogP contribution in [0.1, 0.15) is 18.2 Å². The van der Waals surface area contributed by atoms with Gasteiger partial charge in [0.05, 0.1) is 6.42 Å². The maximum Gasteiger partial charge on any atom is 0.304 e. The van der Waals surface area contributed by atoms with E-state index in [1.165, 1.54) is 4.68 Å². The van der Waals surface area contributed by atoms with E-state index in [0.29, 0.717) is 5.82 Å². The van der Waals surface area contributed by atoms with Gasteiger partial charge in [0, 0.05) is 19.5 Å². The molecule has 1 aromatic rings. The summed E-state index contributed by atoms with van der Waals surface area (Å²) in [7, 11) is 1.65. The van der Waals surface area contributed by atoms with Crippen molar-refractivity contribution in [3.8, 4) is 0 Å². The van der Waals surface area contributed by atoms with Crippen LogP contribution >= 0.6 is 0 Å². The molecule has 0 aliphatic carbocycles. The molecule has 0 fully saturated rings. The minimum absolute atomic E-state index is 0.0509. The van der Waals surface area contributed by atoms with Crippen LogP contribution in [-0.4, -0.2) is 37.8 Å². The van der Waals surface area contributed by atoms with Gasteiger partial charge in [0.25, 0.3) is 0 Å². The van der Waals surface area contributed by atoms with Crippen LogP contribution in [0.25, 0.3) is 0 Å². The lowest BCUT2D eigenvalue weighted by molar-refractivity contribution is -0.137. The Morgan fingerprint density at radius 3 is 2.85 bits per heavy atom. The number of hydrogen-bond acceptors (Lipinski definition) is 5. The van der Waals surface area contributed by atoms with E-state index < -0.39 is 5.97 Å². The largest absolute Gasteiger partial charge is 0.481 e. The number of nitrogens with zero attached hydrogens (tertiary/aromatic N) is 4. The summed E-state index contributed by atoms with van der Waals surface area (Å²) in [6.07, 6.45) is -0.0509. The Hall–Kier alpha value is -1.50. The normalized spacial score (nSPS) is 12.8. The number of nitrogens with two attached hydrogens (primary N) is 1. The van der Waals surface area contributed by atoms with E-state index in [-0.39, 0.29) is 18.9 Å². The van der Waals surface area contributed by atoms with Gasteiger partial charge in [-0.1, -0.05) is 0 Å². The molecule has 0 saturated carbocycles. The van der Waals surface area contributed by atoms with Crippen molar-refractivity contribution in [1.82, 2.24) is 20.2 Å². The van der Waals surface area contributed by atoms with Gasteiger partial charge in [-0.05, 0) is 10.4 Å². The van der Waals surface area contributed by atoms with Crippen molar-refractivity contribution in [3.63, 3.8) is 0 Å². The fourth-order valence-electron chi connectivity index (χ4n) is 1.07. The molecule has 13 heavy (non-hydrogen) atoms. The van der Waals surface area contributed by atoms with Gasteiger partial charge in [0.1, 0.15) is 0 Å². The van der Waals surface area contributed by atoms with E-state index in [9.17, 15) is 4.79 Å². The topological polar surface area (TPSA) is 107 Å². The summed E-state index contributed by atoms with van der Waals surface area (Å²) in [4.78, 5) is 10.4. The first-order valence-corrected chi connectivity index (χ1v) is 3.79. The van der Waals surface area contributed by atoms with Gasteiger partial charge in [0.2, 0.25) is 0 Å². The van der Waals surface area contributed by atoms with Crippen molar-refractivity contribution in [2.24, 2.45) is 12.8 Å². The van der Waals surface area contributed by atoms with E-state index in [0.717, 1.165) is 0 Å². The number of aryl methyl sites for hydroxylation is 1. The molecular formula is C6H11N5O2. The highest BCUT2D eigenvalue weighted by Gasteiger charge is 2.19. The molecule has 0 spiro atoms. The van der Waals surface area contributed by atoms with Gasteiger partial charge in [-0.25, -0.2) is 4.68 Å². The Morgan fingerprint density at radius 2 is 2.46 bits per heavy atom. The summed E-state index contributed by atoms with van der Waals surface area (Å²) >= 11 is 0. The van der Waals surface area contributed by atoms with Gasteiger partial charge in [-0.2, -0.15) is 0 Å².